The zero-order chi connectivity index (χ0) is 10.6. The molecule has 0 aromatic rings. The van der Waals surface area contributed by atoms with E-state index in [9.17, 15) is 4.79 Å². The van der Waals surface area contributed by atoms with E-state index >= 15 is 0 Å². The molecule has 82 valence electrons. The molecule has 1 rings (SSSR count). The molecule has 0 atom stereocenters. The van der Waals surface area contributed by atoms with Gasteiger partial charge in [0.1, 0.15) is 5.78 Å². The van der Waals surface area contributed by atoms with Crippen molar-refractivity contribution in [1.82, 2.24) is 0 Å². The van der Waals surface area contributed by atoms with Gasteiger partial charge in [-0.3, -0.25) is 4.79 Å². The molecule has 0 spiro atoms. The first-order chi connectivity index (χ1) is 6.53. The van der Waals surface area contributed by atoms with Crippen molar-refractivity contribution in [2.75, 3.05) is 6.54 Å². The Labute approximate surface area is 87.2 Å². The first-order valence-electron chi connectivity index (χ1n) is 5.75. The summed E-state index contributed by atoms with van der Waals surface area (Å²) in [7, 11) is 0. The summed E-state index contributed by atoms with van der Waals surface area (Å²) in [4.78, 5) is 11.5. The molecule has 0 aromatic carbocycles. The zero-order valence-corrected chi connectivity index (χ0v) is 9.51. The Hall–Kier alpha value is -0.370. The quantitative estimate of drug-likeness (QED) is 0.681. The highest BCUT2D eigenvalue weighted by molar-refractivity contribution is 5.78. The molecule has 2 nitrogen and oxygen atoms in total. The highest BCUT2D eigenvalue weighted by Crippen LogP contribution is 2.34. The lowest BCUT2D eigenvalue weighted by molar-refractivity contribution is -0.119. The number of ketones is 1. The summed E-state index contributed by atoms with van der Waals surface area (Å²) in [6.07, 6.45) is 6.15. The van der Waals surface area contributed by atoms with Crippen LogP contribution in [-0.2, 0) is 4.79 Å². The number of hydrogen-bond donors (Lipinski definition) is 1. The summed E-state index contributed by atoms with van der Waals surface area (Å²) in [6.45, 7) is 5.12. The van der Waals surface area contributed by atoms with Gasteiger partial charge in [-0.15, -0.1) is 0 Å². The Bertz CT molecular complexity index is 194. The van der Waals surface area contributed by atoms with Gasteiger partial charge in [0.05, 0.1) is 0 Å². The van der Waals surface area contributed by atoms with E-state index in [4.69, 9.17) is 5.73 Å². The second kappa shape index (κ2) is 4.92. The zero-order valence-electron chi connectivity index (χ0n) is 9.51. The van der Waals surface area contributed by atoms with Crippen molar-refractivity contribution in [1.29, 1.82) is 0 Å². The third-order valence-electron chi connectivity index (χ3n) is 3.11. The largest absolute Gasteiger partial charge is 0.330 e. The van der Waals surface area contributed by atoms with E-state index in [1.54, 1.807) is 0 Å². The molecule has 14 heavy (non-hydrogen) atoms. The summed E-state index contributed by atoms with van der Waals surface area (Å²) in [5.74, 6) is 1.19. The van der Waals surface area contributed by atoms with Crippen molar-refractivity contribution in [2.45, 2.75) is 52.4 Å². The summed E-state index contributed by atoms with van der Waals surface area (Å²) in [5, 5.41) is 0. The molecule has 0 aliphatic heterocycles. The van der Waals surface area contributed by atoms with E-state index in [-0.39, 0.29) is 5.41 Å². The number of hydrogen-bond acceptors (Lipinski definition) is 2. The first-order valence-corrected chi connectivity index (χ1v) is 5.75. The Morgan fingerprint density at radius 3 is 2.50 bits per heavy atom. The van der Waals surface area contributed by atoms with Gasteiger partial charge in [0.15, 0.2) is 0 Å². The van der Waals surface area contributed by atoms with Gasteiger partial charge in [0.2, 0.25) is 0 Å². The predicted molar refractivity (Wildman–Crippen MR) is 59.0 cm³/mol. The van der Waals surface area contributed by atoms with Gasteiger partial charge in [-0.2, -0.15) is 0 Å². The number of rotatable bonds is 7. The number of nitrogens with two attached hydrogens (primary N) is 1. The topological polar surface area (TPSA) is 43.1 Å². The molecule has 1 fully saturated rings. The fourth-order valence-electron chi connectivity index (χ4n) is 1.74. The van der Waals surface area contributed by atoms with E-state index in [0.717, 1.165) is 38.1 Å². The molecule has 0 radical (unpaired) electrons. The molecule has 1 aliphatic rings. The Balaban J connectivity index is 2.13. The molecule has 0 aromatic heterocycles. The Kier molecular flexibility index (Phi) is 4.11. The fourth-order valence-corrected chi connectivity index (χ4v) is 1.74. The van der Waals surface area contributed by atoms with Gasteiger partial charge >= 0.3 is 0 Å². The predicted octanol–water partition coefficient (Wildman–Crippen LogP) is 2.51. The maximum Gasteiger partial charge on any atom is 0.133 e. The highest BCUT2D eigenvalue weighted by atomic mass is 16.1. The average Bonchev–Trinajstić information content (AvgIpc) is 2.85. The molecule has 0 heterocycles. The molecular weight excluding hydrogens is 174 g/mol. The van der Waals surface area contributed by atoms with Crippen molar-refractivity contribution >= 4 is 5.78 Å². The molecule has 0 amide bonds. The molecule has 1 saturated carbocycles. The molecular formula is C12H23NO. The maximum absolute atomic E-state index is 11.5. The van der Waals surface area contributed by atoms with E-state index in [1.807, 2.05) is 0 Å². The van der Waals surface area contributed by atoms with E-state index < -0.39 is 0 Å². The average molecular weight is 197 g/mol. The van der Waals surface area contributed by atoms with Crippen LogP contribution in [0.1, 0.15) is 52.4 Å². The fraction of sp³-hybridized carbons (Fsp3) is 0.917. The lowest BCUT2D eigenvalue weighted by atomic mass is 9.83. The third-order valence-corrected chi connectivity index (χ3v) is 3.11. The van der Waals surface area contributed by atoms with Crippen LogP contribution in [0.3, 0.4) is 0 Å². The van der Waals surface area contributed by atoms with Gasteiger partial charge in [-0.05, 0) is 43.6 Å². The van der Waals surface area contributed by atoms with Crippen molar-refractivity contribution in [3.05, 3.63) is 0 Å². The second-order valence-corrected chi connectivity index (χ2v) is 5.39. The maximum atomic E-state index is 11.5. The number of carbonyl (C=O) groups is 1. The van der Waals surface area contributed by atoms with Crippen LogP contribution in [0.25, 0.3) is 0 Å². The molecule has 2 heteroatoms. The summed E-state index contributed by atoms with van der Waals surface area (Å²) >= 11 is 0. The number of carbonyl (C=O) groups excluding carboxylic acids is 1. The van der Waals surface area contributed by atoms with E-state index in [2.05, 4.69) is 13.8 Å². The van der Waals surface area contributed by atoms with Crippen LogP contribution >= 0.6 is 0 Å². The van der Waals surface area contributed by atoms with Crippen molar-refractivity contribution in [3.8, 4) is 0 Å². The molecule has 0 saturated heterocycles. The molecule has 2 N–H and O–H groups in total. The minimum absolute atomic E-state index is 0.244. The van der Waals surface area contributed by atoms with Crippen LogP contribution < -0.4 is 5.73 Å². The minimum Gasteiger partial charge on any atom is -0.330 e. The standard InChI is InChI=1S/C12H23NO/c1-12(2,7-8-13)6-5-11(14)9-10-3-4-10/h10H,3-9,13H2,1-2H3. The summed E-state index contributed by atoms with van der Waals surface area (Å²) in [6, 6.07) is 0. The second-order valence-electron chi connectivity index (χ2n) is 5.39. The van der Waals surface area contributed by atoms with Gasteiger partial charge in [0, 0.05) is 12.8 Å². The monoisotopic (exact) mass is 197 g/mol. The molecule has 0 unspecified atom stereocenters. The van der Waals surface area contributed by atoms with Gasteiger partial charge in [-0.1, -0.05) is 13.8 Å². The summed E-state index contributed by atoms with van der Waals surface area (Å²) < 4.78 is 0. The highest BCUT2D eigenvalue weighted by Gasteiger charge is 2.25. The molecule has 0 bridgehead atoms. The van der Waals surface area contributed by atoms with Crippen LogP contribution in [0.4, 0.5) is 0 Å². The normalized spacial score (nSPS) is 17.1. The smallest absolute Gasteiger partial charge is 0.133 e. The Morgan fingerprint density at radius 2 is 2.00 bits per heavy atom. The third kappa shape index (κ3) is 4.75. The van der Waals surface area contributed by atoms with Crippen molar-refractivity contribution < 1.29 is 4.79 Å². The van der Waals surface area contributed by atoms with Crippen LogP contribution in [0, 0.1) is 11.3 Å². The minimum atomic E-state index is 0.244. The van der Waals surface area contributed by atoms with Crippen LogP contribution in [0.15, 0.2) is 0 Å². The van der Waals surface area contributed by atoms with E-state index in [0.29, 0.717) is 5.78 Å². The van der Waals surface area contributed by atoms with Gasteiger partial charge in [-0.25, -0.2) is 0 Å². The van der Waals surface area contributed by atoms with Crippen LogP contribution in [0.5, 0.6) is 0 Å². The number of Topliss-reactive ketones (excluding diaryl/α,β-unsaturated/α-hetero) is 1. The van der Waals surface area contributed by atoms with E-state index in [1.165, 1.54) is 12.8 Å². The van der Waals surface area contributed by atoms with Crippen LogP contribution in [0.2, 0.25) is 0 Å². The van der Waals surface area contributed by atoms with Crippen LogP contribution in [-0.4, -0.2) is 12.3 Å². The Morgan fingerprint density at radius 1 is 1.36 bits per heavy atom. The van der Waals surface area contributed by atoms with Gasteiger partial charge < -0.3 is 5.73 Å². The SMILES string of the molecule is CC(C)(CCN)CCC(=O)CC1CC1. The summed E-state index contributed by atoms with van der Waals surface area (Å²) in [5.41, 5.74) is 5.77. The van der Waals surface area contributed by atoms with Gasteiger partial charge in [0.25, 0.3) is 0 Å². The lowest BCUT2D eigenvalue weighted by Crippen LogP contribution is -2.18. The molecule has 1 aliphatic carbocycles. The lowest BCUT2D eigenvalue weighted by Gasteiger charge is -2.23. The van der Waals surface area contributed by atoms with Crippen molar-refractivity contribution in [3.63, 3.8) is 0 Å². The first kappa shape index (κ1) is 11.7. The van der Waals surface area contributed by atoms with Crippen molar-refractivity contribution in [2.24, 2.45) is 17.1 Å².